The van der Waals surface area contributed by atoms with Crippen molar-refractivity contribution >= 4 is 15.9 Å². The van der Waals surface area contributed by atoms with Gasteiger partial charge in [0.2, 0.25) is 0 Å². The van der Waals surface area contributed by atoms with E-state index in [1.165, 1.54) is 5.56 Å². The molecule has 0 aliphatic heterocycles. The molecule has 2 unspecified atom stereocenters. The smallest absolute Gasteiger partial charge is 0.0928 e. The lowest BCUT2D eigenvalue weighted by Crippen LogP contribution is -1.84. The van der Waals surface area contributed by atoms with Crippen molar-refractivity contribution in [3.05, 3.63) is 34.3 Å². The second-order valence-electron chi connectivity index (χ2n) is 3.31. The van der Waals surface area contributed by atoms with Gasteiger partial charge in [-0.05, 0) is 36.0 Å². The lowest BCUT2D eigenvalue weighted by molar-refractivity contribution is 0.452. The Morgan fingerprint density at radius 1 is 1.50 bits per heavy atom. The lowest BCUT2D eigenvalue weighted by atomic mass is 10.1. The van der Waals surface area contributed by atoms with Crippen LogP contribution in [0.15, 0.2) is 28.7 Å². The van der Waals surface area contributed by atoms with Crippen LogP contribution < -0.4 is 0 Å². The number of alkyl halides is 1. The SMILES string of the molecule is FCC1CC1c1cccc(Br)c1. The molecule has 0 saturated heterocycles. The minimum absolute atomic E-state index is 0.169. The summed E-state index contributed by atoms with van der Waals surface area (Å²) in [5, 5.41) is 0. The van der Waals surface area contributed by atoms with Crippen molar-refractivity contribution in [2.45, 2.75) is 12.3 Å². The van der Waals surface area contributed by atoms with Gasteiger partial charge in [-0.15, -0.1) is 0 Å². The summed E-state index contributed by atoms with van der Waals surface area (Å²) < 4.78 is 13.3. The summed E-state index contributed by atoms with van der Waals surface area (Å²) in [5.74, 6) is 0.770. The van der Waals surface area contributed by atoms with E-state index in [4.69, 9.17) is 0 Å². The Bertz CT molecular complexity index is 285. The zero-order valence-corrected chi connectivity index (χ0v) is 8.22. The summed E-state index contributed by atoms with van der Waals surface area (Å²) in [6.45, 7) is -0.169. The molecule has 64 valence electrons. The molecule has 0 bridgehead atoms. The first-order chi connectivity index (χ1) is 5.81. The summed E-state index contributed by atoms with van der Waals surface area (Å²) >= 11 is 3.41. The van der Waals surface area contributed by atoms with E-state index >= 15 is 0 Å². The Kier molecular flexibility index (Phi) is 2.18. The fourth-order valence-electron chi connectivity index (χ4n) is 1.56. The van der Waals surface area contributed by atoms with Crippen LogP contribution in [0.1, 0.15) is 17.9 Å². The van der Waals surface area contributed by atoms with Gasteiger partial charge in [0.05, 0.1) is 6.67 Å². The maximum Gasteiger partial charge on any atom is 0.0928 e. The van der Waals surface area contributed by atoms with Gasteiger partial charge in [-0.2, -0.15) is 0 Å². The van der Waals surface area contributed by atoms with Crippen LogP contribution in [0, 0.1) is 5.92 Å². The number of halogens is 2. The molecule has 1 aliphatic rings. The Labute approximate surface area is 79.9 Å². The van der Waals surface area contributed by atoms with Crippen LogP contribution in [-0.4, -0.2) is 6.67 Å². The molecule has 2 atom stereocenters. The van der Waals surface area contributed by atoms with Crippen molar-refractivity contribution in [2.75, 3.05) is 6.67 Å². The summed E-state index contributed by atoms with van der Waals surface area (Å²) in [4.78, 5) is 0. The lowest BCUT2D eigenvalue weighted by Gasteiger charge is -1.98. The second-order valence-corrected chi connectivity index (χ2v) is 4.23. The van der Waals surface area contributed by atoms with E-state index in [1.807, 2.05) is 12.1 Å². The molecule has 1 aromatic rings. The average molecular weight is 229 g/mol. The molecule has 0 spiro atoms. The molecule has 0 radical (unpaired) electrons. The molecule has 2 rings (SSSR count). The van der Waals surface area contributed by atoms with Gasteiger partial charge in [0, 0.05) is 4.47 Å². The highest BCUT2D eigenvalue weighted by molar-refractivity contribution is 9.10. The largest absolute Gasteiger partial charge is 0.251 e. The van der Waals surface area contributed by atoms with Gasteiger partial charge in [0.15, 0.2) is 0 Å². The minimum Gasteiger partial charge on any atom is -0.251 e. The van der Waals surface area contributed by atoms with Crippen LogP contribution in [0.3, 0.4) is 0 Å². The summed E-state index contributed by atoms with van der Waals surface area (Å²) in [5.41, 5.74) is 1.27. The minimum atomic E-state index is -0.169. The first-order valence-electron chi connectivity index (χ1n) is 4.12. The fourth-order valence-corrected chi connectivity index (χ4v) is 1.98. The molecule has 1 fully saturated rings. The zero-order chi connectivity index (χ0) is 8.55. The Hall–Kier alpha value is -0.370. The third kappa shape index (κ3) is 1.53. The highest BCUT2D eigenvalue weighted by Crippen LogP contribution is 2.47. The van der Waals surface area contributed by atoms with E-state index in [1.54, 1.807) is 0 Å². The molecular formula is C10H10BrF. The number of hydrogen-bond acceptors (Lipinski definition) is 0. The first-order valence-corrected chi connectivity index (χ1v) is 4.92. The number of hydrogen-bond donors (Lipinski definition) is 0. The Morgan fingerprint density at radius 2 is 2.33 bits per heavy atom. The summed E-state index contributed by atoms with van der Waals surface area (Å²) in [7, 11) is 0. The summed E-state index contributed by atoms with van der Waals surface area (Å²) in [6, 6.07) is 8.16. The maximum absolute atomic E-state index is 12.2. The van der Waals surface area contributed by atoms with Crippen LogP contribution in [0.25, 0.3) is 0 Å². The van der Waals surface area contributed by atoms with E-state index in [9.17, 15) is 4.39 Å². The zero-order valence-electron chi connectivity index (χ0n) is 6.63. The first kappa shape index (κ1) is 8.24. The predicted octanol–water partition coefficient (Wildman–Crippen LogP) is 3.52. The molecule has 0 heterocycles. The highest BCUT2D eigenvalue weighted by Gasteiger charge is 2.37. The molecule has 0 aromatic heterocycles. The molecule has 2 heteroatoms. The summed E-state index contributed by atoms with van der Waals surface area (Å²) in [6.07, 6.45) is 1.02. The van der Waals surface area contributed by atoms with Gasteiger partial charge in [-0.1, -0.05) is 28.1 Å². The molecule has 0 nitrogen and oxygen atoms in total. The molecule has 1 aliphatic carbocycles. The Morgan fingerprint density at radius 3 is 2.92 bits per heavy atom. The highest BCUT2D eigenvalue weighted by atomic mass is 79.9. The van der Waals surface area contributed by atoms with Crippen molar-refractivity contribution in [1.82, 2.24) is 0 Å². The molecule has 0 N–H and O–H groups in total. The van der Waals surface area contributed by atoms with Gasteiger partial charge >= 0.3 is 0 Å². The van der Waals surface area contributed by atoms with Gasteiger partial charge in [-0.3, -0.25) is 4.39 Å². The van der Waals surface area contributed by atoms with Gasteiger partial charge in [0.25, 0.3) is 0 Å². The van der Waals surface area contributed by atoms with Gasteiger partial charge in [0.1, 0.15) is 0 Å². The third-order valence-corrected chi connectivity index (χ3v) is 2.89. The quantitative estimate of drug-likeness (QED) is 0.727. The Balaban J connectivity index is 2.14. The molecule has 0 amide bonds. The maximum atomic E-state index is 12.2. The van der Waals surface area contributed by atoms with Gasteiger partial charge < -0.3 is 0 Å². The van der Waals surface area contributed by atoms with E-state index in [-0.39, 0.29) is 6.67 Å². The van der Waals surface area contributed by atoms with E-state index in [0.29, 0.717) is 11.8 Å². The van der Waals surface area contributed by atoms with Gasteiger partial charge in [-0.25, -0.2) is 0 Å². The molecule has 1 saturated carbocycles. The normalized spacial score (nSPS) is 27.2. The van der Waals surface area contributed by atoms with E-state index in [2.05, 4.69) is 28.1 Å². The van der Waals surface area contributed by atoms with Crippen molar-refractivity contribution in [3.63, 3.8) is 0 Å². The molecule has 1 aromatic carbocycles. The molecular weight excluding hydrogens is 219 g/mol. The number of rotatable bonds is 2. The molecule has 12 heavy (non-hydrogen) atoms. The monoisotopic (exact) mass is 228 g/mol. The van der Waals surface area contributed by atoms with E-state index < -0.39 is 0 Å². The van der Waals surface area contributed by atoms with E-state index in [0.717, 1.165) is 10.9 Å². The van der Waals surface area contributed by atoms with Crippen LogP contribution in [0.5, 0.6) is 0 Å². The van der Waals surface area contributed by atoms with Crippen LogP contribution in [-0.2, 0) is 0 Å². The van der Waals surface area contributed by atoms with Crippen molar-refractivity contribution in [2.24, 2.45) is 5.92 Å². The van der Waals surface area contributed by atoms with Crippen LogP contribution in [0.4, 0.5) is 4.39 Å². The second kappa shape index (κ2) is 3.17. The van der Waals surface area contributed by atoms with Crippen molar-refractivity contribution < 1.29 is 4.39 Å². The standard InChI is InChI=1S/C10H10BrF/c11-9-3-1-2-7(4-9)10-5-8(10)6-12/h1-4,8,10H,5-6H2. The topological polar surface area (TPSA) is 0 Å². The number of benzene rings is 1. The van der Waals surface area contributed by atoms with Crippen LogP contribution in [0.2, 0.25) is 0 Å². The predicted molar refractivity (Wildman–Crippen MR) is 51.0 cm³/mol. The van der Waals surface area contributed by atoms with Crippen molar-refractivity contribution in [1.29, 1.82) is 0 Å². The fraction of sp³-hybridized carbons (Fsp3) is 0.400. The average Bonchev–Trinajstić information content (AvgIpc) is 2.83. The third-order valence-electron chi connectivity index (χ3n) is 2.40. The van der Waals surface area contributed by atoms with Crippen LogP contribution >= 0.6 is 15.9 Å². The van der Waals surface area contributed by atoms with Crippen molar-refractivity contribution in [3.8, 4) is 0 Å².